The van der Waals surface area contributed by atoms with E-state index in [0.717, 1.165) is 0 Å². The molecule has 0 fully saturated rings. The molecule has 0 aromatic carbocycles. The molecule has 15 heavy (non-hydrogen) atoms. The lowest BCUT2D eigenvalue weighted by Crippen LogP contribution is -2.35. The third-order valence-corrected chi connectivity index (χ3v) is 4.64. The molecule has 11 heteroatoms. The zero-order valence-corrected chi connectivity index (χ0v) is 9.27. The van der Waals surface area contributed by atoms with Gasteiger partial charge in [-0.2, -0.15) is 0 Å². The van der Waals surface area contributed by atoms with Crippen LogP contribution in [0.15, 0.2) is 0 Å². The van der Waals surface area contributed by atoms with Gasteiger partial charge in [0.25, 0.3) is 0 Å². The summed E-state index contributed by atoms with van der Waals surface area (Å²) >= 11 is 0. The predicted octanol–water partition coefficient (Wildman–Crippen LogP) is -1.91. The van der Waals surface area contributed by atoms with Crippen molar-refractivity contribution in [3.8, 4) is 0 Å². The Morgan fingerprint density at radius 2 is 1.60 bits per heavy atom. The van der Waals surface area contributed by atoms with Crippen LogP contribution in [0.25, 0.3) is 0 Å². The monoisotopic (exact) mass is 262 g/mol. The van der Waals surface area contributed by atoms with E-state index in [1.54, 1.807) is 5.32 Å². The van der Waals surface area contributed by atoms with Crippen LogP contribution in [0, 0.1) is 0 Å². The van der Waals surface area contributed by atoms with E-state index in [9.17, 15) is 13.9 Å². The number of carbonyl (C=O) groups excluding carboxylic acids is 1. The van der Waals surface area contributed by atoms with Crippen molar-refractivity contribution < 1.29 is 33.5 Å². The SMILES string of the molecule is NCCC(=O)NC(P(=O)(O)O)P(=O)(O)O. The molecule has 0 aromatic heterocycles. The molecule has 0 bridgehead atoms. The fourth-order valence-corrected chi connectivity index (χ4v) is 2.90. The highest BCUT2D eigenvalue weighted by molar-refractivity contribution is 7.70. The van der Waals surface area contributed by atoms with E-state index in [1.807, 2.05) is 0 Å². The van der Waals surface area contributed by atoms with Crippen LogP contribution in [0.4, 0.5) is 0 Å². The van der Waals surface area contributed by atoms with Crippen molar-refractivity contribution in [3.05, 3.63) is 0 Å². The first-order valence-corrected chi connectivity index (χ1v) is 7.05. The first kappa shape index (κ1) is 14.7. The summed E-state index contributed by atoms with van der Waals surface area (Å²) in [4.78, 5) is 45.3. The van der Waals surface area contributed by atoms with E-state index in [1.165, 1.54) is 0 Å². The zero-order valence-electron chi connectivity index (χ0n) is 7.48. The van der Waals surface area contributed by atoms with Gasteiger partial charge in [0.05, 0.1) is 0 Å². The van der Waals surface area contributed by atoms with Crippen molar-refractivity contribution in [2.45, 2.75) is 11.9 Å². The number of nitrogens with one attached hydrogen (secondary N) is 1. The maximum atomic E-state index is 10.9. The minimum Gasteiger partial charge on any atom is -0.332 e. The molecule has 0 saturated carbocycles. The fourth-order valence-electron chi connectivity index (χ4n) is 0.711. The van der Waals surface area contributed by atoms with Crippen molar-refractivity contribution >= 4 is 21.1 Å². The number of carbonyl (C=O) groups is 1. The number of nitrogens with two attached hydrogens (primary N) is 1. The third kappa shape index (κ3) is 5.39. The summed E-state index contributed by atoms with van der Waals surface area (Å²) in [5, 5.41) is 1.55. The smallest absolute Gasteiger partial charge is 0.332 e. The van der Waals surface area contributed by atoms with Crippen molar-refractivity contribution in [3.63, 3.8) is 0 Å². The second-order valence-electron chi connectivity index (χ2n) is 2.66. The van der Waals surface area contributed by atoms with Crippen LogP contribution in [0.3, 0.4) is 0 Å². The summed E-state index contributed by atoms with van der Waals surface area (Å²) in [6.07, 6.45) is -0.281. The Labute approximate surface area is 85.0 Å². The zero-order chi connectivity index (χ0) is 12.3. The van der Waals surface area contributed by atoms with Gasteiger partial charge < -0.3 is 30.6 Å². The first-order valence-electron chi connectivity index (χ1n) is 3.69. The van der Waals surface area contributed by atoms with Gasteiger partial charge in [0.15, 0.2) is 0 Å². The number of hydrogen-bond acceptors (Lipinski definition) is 4. The van der Waals surface area contributed by atoms with E-state index < -0.39 is 26.6 Å². The lowest BCUT2D eigenvalue weighted by atomic mass is 10.4. The fraction of sp³-hybridized carbons (Fsp3) is 0.750. The topological polar surface area (TPSA) is 170 Å². The van der Waals surface area contributed by atoms with Gasteiger partial charge in [0, 0.05) is 13.0 Å². The van der Waals surface area contributed by atoms with Gasteiger partial charge in [0.1, 0.15) is 0 Å². The molecule has 9 nitrogen and oxygen atoms in total. The molecule has 1 amide bonds. The standard InChI is InChI=1S/C4H12N2O7P2/c5-2-1-3(7)6-4(14(8,9)10)15(11,12)13/h4H,1-2,5H2,(H,6,7)(H2,8,9,10)(H2,11,12,13). The summed E-state index contributed by atoms with van der Waals surface area (Å²) in [5.74, 6) is -0.936. The number of amides is 1. The van der Waals surface area contributed by atoms with Crippen LogP contribution >= 0.6 is 15.2 Å². The van der Waals surface area contributed by atoms with Crippen LogP contribution in [0.1, 0.15) is 6.42 Å². The predicted molar refractivity (Wildman–Crippen MR) is 49.7 cm³/mol. The lowest BCUT2D eigenvalue weighted by Gasteiger charge is -2.20. The third-order valence-electron chi connectivity index (χ3n) is 1.30. The Kier molecular flexibility index (Phi) is 5.08. The highest BCUT2D eigenvalue weighted by Crippen LogP contribution is 2.58. The minimum absolute atomic E-state index is 0.0964. The first-order chi connectivity index (χ1) is 6.59. The second-order valence-corrected chi connectivity index (χ2v) is 6.45. The molecule has 0 aliphatic heterocycles. The molecule has 7 N–H and O–H groups in total. The average molecular weight is 262 g/mol. The summed E-state index contributed by atoms with van der Waals surface area (Å²) in [6.45, 7) is -0.0964. The normalized spacial score (nSPS) is 12.9. The van der Waals surface area contributed by atoms with E-state index in [0.29, 0.717) is 0 Å². The van der Waals surface area contributed by atoms with Crippen LogP contribution in [-0.4, -0.2) is 37.5 Å². The highest BCUT2D eigenvalue weighted by Gasteiger charge is 2.44. The number of rotatable bonds is 5. The Balaban J connectivity index is 4.78. The molecular formula is C4H12N2O7P2. The Hall–Kier alpha value is -0.270. The van der Waals surface area contributed by atoms with E-state index >= 15 is 0 Å². The molecule has 0 radical (unpaired) electrons. The average Bonchev–Trinajstić information content (AvgIpc) is 1.96. The van der Waals surface area contributed by atoms with E-state index in [2.05, 4.69) is 0 Å². The molecule has 0 aliphatic carbocycles. The van der Waals surface area contributed by atoms with Gasteiger partial charge in [-0.1, -0.05) is 0 Å². The largest absolute Gasteiger partial charge is 0.360 e. The van der Waals surface area contributed by atoms with Gasteiger partial charge in [-0.3, -0.25) is 13.9 Å². The molecule has 0 heterocycles. The molecule has 0 atom stereocenters. The van der Waals surface area contributed by atoms with Crippen molar-refractivity contribution in [1.82, 2.24) is 5.32 Å². The quantitative estimate of drug-likeness (QED) is 0.311. The Morgan fingerprint density at radius 1 is 1.20 bits per heavy atom. The molecule has 0 spiro atoms. The summed E-state index contributed by atoms with van der Waals surface area (Å²) in [6, 6.07) is 0. The molecular weight excluding hydrogens is 250 g/mol. The minimum atomic E-state index is -5.11. The molecule has 0 aliphatic rings. The van der Waals surface area contributed by atoms with Crippen LogP contribution in [0.5, 0.6) is 0 Å². The van der Waals surface area contributed by atoms with Gasteiger partial charge >= 0.3 is 15.2 Å². The lowest BCUT2D eigenvalue weighted by molar-refractivity contribution is -0.121. The van der Waals surface area contributed by atoms with E-state index in [-0.39, 0.29) is 13.0 Å². The molecule has 90 valence electrons. The second kappa shape index (κ2) is 5.18. The van der Waals surface area contributed by atoms with Crippen LogP contribution < -0.4 is 11.1 Å². The van der Waals surface area contributed by atoms with Gasteiger partial charge in [-0.25, -0.2) is 0 Å². The van der Waals surface area contributed by atoms with Crippen molar-refractivity contribution in [1.29, 1.82) is 0 Å². The van der Waals surface area contributed by atoms with Crippen molar-refractivity contribution in [2.24, 2.45) is 5.73 Å². The summed E-state index contributed by atoms with van der Waals surface area (Å²) < 4.78 is 21.3. The maximum Gasteiger partial charge on any atom is 0.360 e. The molecule has 0 aromatic rings. The van der Waals surface area contributed by atoms with Gasteiger partial charge in [-0.05, 0) is 0 Å². The Morgan fingerprint density at radius 3 is 1.87 bits per heavy atom. The molecule has 0 rings (SSSR count). The summed E-state index contributed by atoms with van der Waals surface area (Å²) in [7, 11) is -10.2. The van der Waals surface area contributed by atoms with Gasteiger partial charge in [-0.15, -0.1) is 0 Å². The maximum absolute atomic E-state index is 10.9. The van der Waals surface area contributed by atoms with Crippen molar-refractivity contribution in [2.75, 3.05) is 6.54 Å². The van der Waals surface area contributed by atoms with Gasteiger partial charge in [0.2, 0.25) is 11.4 Å². The molecule has 0 unspecified atom stereocenters. The van der Waals surface area contributed by atoms with E-state index in [4.69, 9.17) is 25.3 Å². The van der Waals surface area contributed by atoms with Crippen LogP contribution in [0.2, 0.25) is 0 Å². The van der Waals surface area contributed by atoms with Crippen LogP contribution in [-0.2, 0) is 13.9 Å². The summed E-state index contributed by atoms with van der Waals surface area (Å²) in [5.41, 5.74) is 2.46. The highest BCUT2D eigenvalue weighted by atomic mass is 31.2. The number of hydrogen-bond donors (Lipinski definition) is 6. The Bertz CT molecular complexity index is 297. The molecule has 0 saturated heterocycles.